The first kappa shape index (κ1) is 15.5. The number of aliphatic hydroxyl groups excluding tert-OH is 1. The highest BCUT2D eigenvalue weighted by Crippen LogP contribution is 2.40. The van der Waals surface area contributed by atoms with E-state index < -0.39 is 11.5 Å². The Kier molecular flexibility index (Phi) is 4.32. The molecule has 4 nitrogen and oxygen atoms in total. The first-order valence-corrected chi connectivity index (χ1v) is 6.95. The fourth-order valence-electron chi connectivity index (χ4n) is 2.44. The summed E-state index contributed by atoms with van der Waals surface area (Å²) in [4.78, 5) is 0. The summed E-state index contributed by atoms with van der Waals surface area (Å²) < 4.78 is 20.1. The van der Waals surface area contributed by atoms with Crippen LogP contribution >= 0.6 is 0 Å². The number of aryl methyl sites for hydroxylation is 1. The number of aromatic nitrogens is 2. The van der Waals surface area contributed by atoms with Gasteiger partial charge in [0.2, 0.25) is 0 Å². The van der Waals surface area contributed by atoms with E-state index in [-0.39, 0.29) is 5.82 Å². The maximum Gasteiger partial charge on any atom is 0.162 e. The molecule has 1 unspecified atom stereocenters. The number of halogens is 1. The fraction of sp³-hybridized carbons (Fsp3) is 0.438. The van der Waals surface area contributed by atoms with Crippen LogP contribution in [-0.4, -0.2) is 22.0 Å². The minimum Gasteiger partial charge on any atom is -0.493 e. The van der Waals surface area contributed by atoms with Crippen LogP contribution in [0, 0.1) is 5.82 Å². The van der Waals surface area contributed by atoms with Crippen molar-refractivity contribution in [2.24, 2.45) is 0 Å². The van der Waals surface area contributed by atoms with Crippen LogP contribution in [0.3, 0.4) is 0 Å². The standard InChI is InChI=1S/C16H21FN2O2/c1-5-19-14(13(21-4)10-18-19)15(20)16(2,3)11-6-8-12(17)9-7-11/h6-10,15,20H,5H2,1-4H3. The summed E-state index contributed by atoms with van der Waals surface area (Å²) in [7, 11) is 1.55. The van der Waals surface area contributed by atoms with E-state index in [2.05, 4.69) is 5.10 Å². The second kappa shape index (κ2) is 5.85. The van der Waals surface area contributed by atoms with Gasteiger partial charge < -0.3 is 9.84 Å². The molecule has 0 bridgehead atoms. The molecule has 0 fully saturated rings. The highest BCUT2D eigenvalue weighted by Gasteiger charge is 2.35. The van der Waals surface area contributed by atoms with E-state index in [1.165, 1.54) is 12.1 Å². The number of rotatable bonds is 5. The van der Waals surface area contributed by atoms with Gasteiger partial charge >= 0.3 is 0 Å². The molecular formula is C16H21FN2O2. The van der Waals surface area contributed by atoms with E-state index in [1.54, 1.807) is 30.1 Å². The third kappa shape index (κ3) is 2.78. The van der Waals surface area contributed by atoms with Gasteiger partial charge in [0.1, 0.15) is 17.6 Å². The van der Waals surface area contributed by atoms with Gasteiger partial charge in [-0.15, -0.1) is 0 Å². The van der Waals surface area contributed by atoms with Gasteiger partial charge in [-0.3, -0.25) is 4.68 Å². The van der Waals surface area contributed by atoms with Crippen LogP contribution in [0.15, 0.2) is 30.5 Å². The van der Waals surface area contributed by atoms with E-state index in [9.17, 15) is 9.50 Å². The average Bonchev–Trinajstić information content (AvgIpc) is 2.89. The normalized spacial score (nSPS) is 13.2. The number of nitrogens with zero attached hydrogens (tertiary/aromatic N) is 2. The summed E-state index contributed by atoms with van der Waals surface area (Å²) in [5.41, 5.74) is 0.880. The van der Waals surface area contributed by atoms with Gasteiger partial charge in [-0.1, -0.05) is 26.0 Å². The third-order valence-corrected chi connectivity index (χ3v) is 3.90. The van der Waals surface area contributed by atoms with E-state index in [1.807, 2.05) is 20.8 Å². The first-order chi connectivity index (χ1) is 9.91. The molecule has 0 spiro atoms. The number of benzene rings is 1. The van der Waals surface area contributed by atoms with Crippen LogP contribution in [0.25, 0.3) is 0 Å². The van der Waals surface area contributed by atoms with E-state index in [0.29, 0.717) is 18.0 Å². The molecule has 0 saturated carbocycles. The topological polar surface area (TPSA) is 47.3 Å². The Morgan fingerprint density at radius 1 is 1.33 bits per heavy atom. The summed E-state index contributed by atoms with van der Waals surface area (Å²) in [6, 6.07) is 6.19. The van der Waals surface area contributed by atoms with Crippen LogP contribution < -0.4 is 4.74 Å². The van der Waals surface area contributed by atoms with Crippen molar-refractivity contribution in [1.29, 1.82) is 0 Å². The van der Waals surface area contributed by atoms with Crippen LogP contribution in [0.5, 0.6) is 5.75 Å². The Hall–Kier alpha value is -1.88. The van der Waals surface area contributed by atoms with Crippen LogP contribution in [0.4, 0.5) is 4.39 Å². The van der Waals surface area contributed by atoms with Gasteiger partial charge in [-0.2, -0.15) is 5.10 Å². The van der Waals surface area contributed by atoms with Gasteiger partial charge in [-0.25, -0.2) is 4.39 Å². The molecule has 2 aromatic rings. The molecule has 1 heterocycles. The van der Waals surface area contributed by atoms with Crippen molar-refractivity contribution >= 4 is 0 Å². The minimum atomic E-state index is -0.819. The van der Waals surface area contributed by atoms with Gasteiger partial charge in [0.05, 0.1) is 13.3 Å². The van der Waals surface area contributed by atoms with Gasteiger partial charge in [0.15, 0.2) is 5.75 Å². The first-order valence-electron chi connectivity index (χ1n) is 6.95. The van der Waals surface area contributed by atoms with Crippen LogP contribution in [0.1, 0.15) is 38.1 Å². The Morgan fingerprint density at radius 3 is 2.48 bits per heavy atom. The van der Waals surface area contributed by atoms with E-state index in [4.69, 9.17) is 4.74 Å². The number of hydrogen-bond donors (Lipinski definition) is 1. The summed E-state index contributed by atoms with van der Waals surface area (Å²) >= 11 is 0. The average molecular weight is 292 g/mol. The second-order valence-electron chi connectivity index (χ2n) is 5.55. The number of hydrogen-bond acceptors (Lipinski definition) is 3. The van der Waals surface area contributed by atoms with Crippen molar-refractivity contribution in [3.8, 4) is 5.75 Å². The Bertz CT molecular complexity index is 584. The lowest BCUT2D eigenvalue weighted by atomic mass is 9.78. The van der Waals surface area contributed by atoms with Crippen molar-refractivity contribution in [3.05, 3.63) is 47.5 Å². The molecule has 0 aliphatic heterocycles. The van der Waals surface area contributed by atoms with Crippen molar-refractivity contribution < 1.29 is 14.2 Å². The fourth-order valence-corrected chi connectivity index (χ4v) is 2.44. The number of ether oxygens (including phenoxy) is 1. The third-order valence-electron chi connectivity index (χ3n) is 3.90. The van der Waals surface area contributed by atoms with Gasteiger partial charge in [0, 0.05) is 12.0 Å². The molecule has 114 valence electrons. The maximum atomic E-state index is 13.1. The zero-order chi connectivity index (χ0) is 15.6. The molecule has 0 aliphatic rings. The summed E-state index contributed by atoms with van der Waals surface area (Å²) in [5.74, 6) is 0.264. The molecule has 0 amide bonds. The van der Waals surface area contributed by atoms with Crippen molar-refractivity contribution in [2.75, 3.05) is 7.11 Å². The molecule has 1 N–H and O–H groups in total. The lowest BCUT2D eigenvalue weighted by molar-refractivity contribution is 0.0884. The van der Waals surface area contributed by atoms with E-state index in [0.717, 1.165) is 5.56 Å². The Morgan fingerprint density at radius 2 is 1.95 bits per heavy atom. The van der Waals surface area contributed by atoms with Crippen LogP contribution in [0.2, 0.25) is 0 Å². The molecule has 1 aromatic heterocycles. The molecule has 0 aliphatic carbocycles. The molecule has 1 aromatic carbocycles. The van der Waals surface area contributed by atoms with Crippen molar-refractivity contribution in [2.45, 2.75) is 38.8 Å². The largest absolute Gasteiger partial charge is 0.493 e. The molecule has 2 rings (SSSR count). The number of aliphatic hydroxyl groups is 1. The highest BCUT2D eigenvalue weighted by atomic mass is 19.1. The molecule has 0 saturated heterocycles. The predicted molar refractivity (Wildman–Crippen MR) is 78.8 cm³/mol. The van der Waals surface area contributed by atoms with Crippen molar-refractivity contribution in [3.63, 3.8) is 0 Å². The lowest BCUT2D eigenvalue weighted by Crippen LogP contribution is -2.29. The summed E-state index contributed by atoms with van der Waals surface area (Å²) in [6.45, 7) is 6.41. The molecule has 21 heavy (non-hydrogen) atoms. The zero-order valence-electron chi connectivity index (χ0n) is 12.8. The molecule has 0 radical (unpaired) electrons. The maximum absolute atomic E-state index is 13.1. The monoisotopic (exact) mass is 292 g/mol. The molecule has 1 atom stereocenters. The minimum absolute atomic E-state index is 0.291. The SMILES string of the molecule is CCn1ncc(OC)c1C(O)C(C)(C)c1ccc(F)cc1. The molecular weight excluding hydrogens is 271 g/mol. The zero-order valence-corrected chi connectivity index (χ0v) is 12.8. The Balaban J connectivity index is 2.44. The second-order valence-corrected chi connectivity index (χ2v) is 5.55. The lowest BCUT2D eigenvalue weighted by Gasteiger charge is -2.31. The summed E-state index contributed by atoms with van der Waals surface area (Å²) in [5, 5.41) is 15.1. The van der Waals surface area contributed by atoms with Gasteiger partial charge in [-0.05, 0) is 24.6 Å². The van der Waals surface area contributed by atoms with E-state index >= 15 is 0 Å². The predicted octanol–water partition coefficient (Wildman–Crippen LogP) is 3.06. The molecule has 5 heteroatoms. The smallest absolute Gasteiger partial charge is 0.162 e. The quantitative estimate of drug-likeness (QED) is 0.921. The highest BCUT2D eigenvalue weighted by molar-refractivity contribution is 5.34. The number of methoxy groups -OCH3 is 1. The van der Waals surface area contributed by atoms with Crippen molar-refractivity contribution in [1.82, 2.24) is 9.78 Å². The van der Waals surface area contributed by atoms with Crippen LogP contribution in [-0.2, 0) is 12.0 Å². The Labute approximate surface area is 124 Å². The summed E-state index contributed by atoms with van der Waals surface area (Å²) in [6.07, 6.45) is 0.781. The van der Waals surface area contributed by atoms with Gasteiger partial charge in [0.25, 0.3) is 0 Å².